The first-order chi connectivity index (χ1) is 15.1. The van der Waals surface area contributed by atoms with Crippen LogP contribution in [0.1, 0.15) is 28.3 Å². The predicted molar refractivity (Wildman–Crippen MR) is 117 cm³/mol. The van der Waals surface area contributed by atoms with Crippen molar-refractivity contribution in [1.29, 1.82) is 0 Å². The molecule has 1 aliphatic heterocycles. The molecule has 0 unspecified atom stereocenters. The minimum absolute atomic E-state index is 0.0773. The Hall–Kier alpha value is -3.06. The standard InChI is InChI=1S/C24H28FN5O/c1-18-3-2-4-20(15-18)17-29-12-10-23-28-27-22(30(23)14-13-29)9-11-26-24(31)16-19-5-7-21(25)8-6-19/h2-8,15H,9-14,16-17H2,1H3,(H,26,31). The van der Waals surface area contributed by atoms with Crippen LogP contribution in [0.3, 0.4) is 0 Å². The molecule has 6 nitrogen and oxygen atoms in total. The summed E-state index contributed by atoms with van der Waals surface area (Å²) in [6, 6.07) is 14.7. The third-order valence-corrected chi connectivity index (χ3v) is 5.63. The van der Waals surface area contributed by atoms with Gasteiger partial charge in [-0.2, -0.15) is 0 Å². The lowest BCUT2D eigenvalue weighted by molar-refractivity contribution is -0.120. The Morgan fingerprint density at radius 3 is 2.71 bits per heavy atom. The molecule has 0 spiro atoms. The molecule has 162 valence electrons. The van der Waals surface area contributed by atoms with E-state index in [0.717, 1.165) is 49.8 Å². The molecule has 0 aliphatic carbocycles. The van der Waals surface area contributed by atoms with Gasteiger partial charge in [0, 0.05) is 45.6 Å². The van der Waals surface area contributed by atoms with Gasteiger partial charge >= 0.3 is 0 Å². The van der Waals surface area contributed by atoms with Gasteiger partial charge < -0.3 is 9.88 Å². The fourth-order valence-corrected chi connectivity index (χ4v) is 4.00. The minimum Gasteiger partial charge on any atom is -0.355 e. The van der Waals surface area contributed by atoms with Crippen molar-refractivity contribution in [3.05, 3.63) is 82.7 Å². The van der Waals surface area contributed by atoms with Gasteiger partial charge in [-0.15, -0.1) is 10.2 Å². The molecule has 1 aliphatic rings. The van der Waals surface area contributed by atoms with Crippen LogP contribution in [0.2, 0.25) is 0 Å². The number of benzene rings is 2. The van der Waals surface area contributed by atoms with Crippen molar-refractivity contribution in [2.75, 3.05) is 19.6 Å². The maximum Gasteiger partial charge on any atom is 0.224 e. The second kappa shape index (κ2) is 9.83. The van der Waals surface area contributed by atoms with E-state index in [2.05, 4.69) is 56.2 Å². The highest BCUT2D eigenvalue weighted by Gasteiger charge is 2.19. The molecule has 4 rings (SSSR count). The van der Waals surface area contributed by atoms with Gasteiger partial charge in [-0.05, 0) is 30.2 Å². The number of hydrogen-bond donors (Lipinski definition) is 1. The highest BCUT2D eigenvalue weighted by Crippen LogP contribution is 2.14. The fraction of sp³-hybridized carbons (Fsp3) is 0.375. The largest absolute Gasteiger partial charge is 0.355 e. The highest BCUT2D eigenvalue weighted by molar-refractivity contribution is 5.78. The average molecular weight is 422 g/mol. The Morgan fingerprint density at radius 1 is 1.06 bits per heavy atom. The van der Waals surface area contributed by atoms with Crippen LogP contribution < -0.4 is 5.32 Å². The van der Waals surface area contributed by atoms with Crippen molar-refractivity contribution in [3.8, 4) is 0 Å². The van der Waals surface area contributed by atoms with Gasteiger partial charge in [0.2, 0.25) is 5.91 Å². The second-order valence-corrected chi connectivity index (χ2v) is 8.10. The van der Waals surface area contributed by atoms with Crippen LogP contribution >= 0.6 is 0 Å². The molecule has 0 radical (unpaired) electrons. The predicted octanol–water partition coefficient (Wildman–Crippen LogP) is 2.69. The molecule has 0 fully saturated rings. The Labute approximate surface area is 182 Å². The monoisotopic (exact) mass is 421 g/mol. The Balaban J connectivity index is 1.27. The summed E-state index contributed by atoms with van der Waals surface area (Å²) in [7, 11) is 0. The van der Waals surface area contributed by atoms with Crippen LogP contribution in [0.15, 0.2) is 48.5 Å². The maximum absolute atomic E-state index is 13.0. The summed E-state index contributed by atoms with van der Waals surface area (Å²) in [4.78, 5) is 14.6. The molecule has 0 saturated heterocycles. The number of nitrogens with zero attached hydrogens (tertiary/aromatic N) is 4. The normalized spacial score (nSPS) is 14.1. The van der Waals surface area contributed by atoms with Crippen molar-refractivity contribution >= 4 is 5.91 Å². The lowest BCUT2D eigenvalue weighted by Crippen LogP contribution is -2.28. The van der Waals surface area contributed by atoms with Crippen LogP contribution in [-0.4, -0.2) is 45.2 Å². The van der Waals surface area contributed by atoms with Crippen molar-refractivity contribution in [1.82, 2.24) is 25.0 Å². The summed E-state index contributed by atoms with van der Waals surface area (Å²) in [5, 5.41) is 11.7. The topological polar surface area (TPSA) is 63.1 Å². The number of hydrogen-bond acceptors (Lipinski definition) is 4. The van der Waals surface area contributed by atoms with Gasteiger partial charge in [0.25, 0.3) is 0 Å². The van der Waals surface area contributed by atoms with Gasteiger partial charge in [-0.25, -0.2) is 4.39 Å². The van der Waals surface area contributed by atoms with E-state index in [4.69, 9.17) is 0 Å². The van der Waals surface area contributed by atoms with Crippen LogP contribution in [0.25, 0.3) is 0 Å². The van der Waals surface area contributed by atoms with Gasteiger partial charge in [0.1, 0.15) is 17.5 Å². The number of amides is 1. The highest BCUT2D eigenvalue weighted by atomic mass is 19.1. The number of fused-ring (bicyclic) bond motifs is 1. The van der Waals surface area contributed by atoms with Crippen LogP contribution in [0.5, 0.6) is 0 Å². The first-order valence-corrected chi connectivity index (χ1v) is 10.8. The zero-order valence-electron chi connectivity index (χ0n) is 17.9. The van der Waals surface area contributed by atoms with Gasteiger partial charge in [-0.3, -0.25) is 9.69 Å². The van der Waals surface area contributed by atoms with E-state index in [0.29, 0.717) is 13.0 Å². The summed E-state index contributed by atoms with van der Waals surface area (Å²) in [5.41, 5.74) is 3.42. The van der Waals surface area contributed by atoms with E-state index >= 15 is 0 Å². The second-order valence-electron chi connectivity index (χ2n) is 8.10. The molecule has 1 amide bonds. The number of aryl methyl sites for hydroxylation is 1. The zero-order chi connectivity index (χ0) is 21.6. The third kappa shape index (κ3) is 5.76. The van der Waals surface area contributed by atoms with Gasteiger partial charge in [0.05, 0.1) is 6.42 Å². The lowest BCUT2D eigenvalue weighted by Gasteiger charge is -2.20. The number of carbonyl (C=O) groups excluding carboxylic acids is 1. The molecular weight excluding hydrogens is 393 g/mol. The molecule has 0 saturated carbocycles. The number of nitrogens with one attached hydrogen (secondary N) is 1. The first-order valence-electron chi connectivity index (χ1n) is 10.8. The number of halogens is 1. The molecule has 7 heteroatoms. The Kier molecular flexibility index (Phi) is 6.72. The first kappa shape index (κ1) is 21.2. The fourth-order valence-electron chi connectivity index (χ4n) is 4.00. The molecule has 0 atom stereocenters. The van der Waals surface area contributed by atoms with Gasteiger partial charge in [-0.1, -0.05) is 42.0 Å². The van der Waals surface area contributed by atoms with Gasteiger partial charge in [0.15, 0.2) is 0 Å². The van der Waals surface area contributed by atoms with Crippen LogP contribution in [0, 0.1) is 12.7 Å². The lowest BCUT2D eigenvalue weighted by atomic mass is 10.1. The smallest absolute Gasteiger partial charge is 0.224 e. The summed E-state index contributed by atoms with van der Waals surface area (Å²) in [6.45, 7) is 6.33. The van der Waals surface area contributed by atoms with Crippen molar-refractivity contribution < 1.29 is 9.18 Å². The van der Waals surface area contributed by atoms with Crippen molar-refractivity contribution in [2.45, 2.75) is 39.3 Å². The van der Waals surface area contributed by atoms with Crippen LogP contribution in [0.4, 0.5) is 4.39 Å². The number of carbonyl (C=O) groups is 1. The summed E-state index contributed by atoms with van der Waals surface area (Å²) < 4.78 is 15.2. The summed E-state index contributed by atoms with van der Waals surface area (Å²) in [6.07, 6.45) is 1.75. The van der Waals surface area contributed by atoms with E-state index in [9.17, 15) is 9.18 Å². The van der Waals surface area contributed by atoms with E-state index < -0.39 is 0 Å². The molecule has 2 heterocycles. The van der Waals surface area contributed by atoms with Crippen molar-refractivity contribution in [3.63, 3.8) is 0 Å². The molecule has 31 heavy (non-hydrogen) atoms. The Morgan fingerprint density at radius 2 is 1.90 bits per heavy atom. The minimum atomic E-state index is -0.297. The molecule has 1 aromatic heterocycles. The van der Waals surface area contributed by atoms with E-state index in [1.807, 2.05) is 0 Å². The summed E-state index contributed by atoms with van der Waals surface area (Å²) >= 11 is 0. The quantitative estimate of drug-likeness (QED) is 0.637. The number of rotatable bonds is 7. The molecule has 1 N–H and O–H groups in total. The zero-order valence-corrected chi connectivity index (χ0v) is 17.9. The maximum atomic E-state index is 13.0. The molecule has 3 aromatic rings. The van der Waals surface area contributed by atoms with Crippen LogP contribution in [-0.2, 0) is 37.1 Å². The molecular formula is C24H28FN5O. The average Bonchev–Trinajstić information content (AvgIpc) is 3.02. The molecule has 0 bridgehead atoms. The van der Waals surface area contributed by atoms with E-state index in [1.165, 1.54) is 23.3 Å². The Bertz CT molecular complexity index is 1030. The van der Waals surface area contributed by atoms with Crippen molar-refractivity contribution in [2.24, 2.45) is 0 Å². The molecule has 2 aromatic carbocycles. The van der Waals surface area contributed by atoms with E-state index in [-0.39, 0.29) is 18.1 Å². The van der Waals surface area contributed by atoms with E-state index in [1.54, 1.807) is 12.1 Å². The number of aromatic nitrogens is 3. The third-order valence-electron chi connectivity index (χ3n) is 5.63. The summed E-state index contributed by atoms with van der Waals surface area (Å²) in [5.74, 6) is 1.55. The SMILES string of the molecule is Cc1cccc(CN2CCc3nnc(CCNC(=O)Cc4ccc(F)cc4)n3CC2)c1.